The molecule has 0 aliphatic carbocycles. The first-order valence-corrected chi connectivity index (χ1v) is 8.73. The maximum atomic E-state index is 12.1. The molecular formula is C20H21N3O6. The predicted octanol–water partition coefficient (Wildman–Crippen LogP) is 2.43. The zero-order valence-corrected chi connectivity index (χ0v) is 16.3. The molecule has 29 heavy (non-hydrogen) atoms. The van der Waals surface area contributed by atoms with Crippen LogP contribution in [0.15, 0.2) is 36.4 Å². The first-order chi connectivity index (χ1) is 13.7. The average molecular weight is 399 g/mol. The molecule has 152 valence electrons. The standard InChI is InChI=1S/C20H21N3O6/c1-12-4-6-15(8-14(12)3)20(26)21-10-19(25)29-11-18(24)22-16-7-5-13(2)17(9-16)23(27)28/h4-9H,10-11H2,1-3H3,(H,21,26)(H,22,24). The van der Waals surface area contributed by atoms with E-state index in [0.717, 1.165) is 11.1 Å². The monoisotopic (exact) mass is 399 g/mol. The molecule has 0 aliphatic rings. The Bertz CT molecular complexity index is 971. The van der Waals surface area contributed by atoms with Crippen LogP contribution in [0.1, 0.15) is 27.0 Å². The van der Waals surface area contributed by atoms with E-state index in [9.17, 15) is 24.5 Å². The van der Waals surface area contributed by atoms with E-state index in [2.05, 4.69) is 10.6 Å². The maximum Gasteiger partial charge on any atom is 0.325 e. The highest BCUT2D eigenvalue weighted by Crippen LogP contribution is 2.22. The normalized spacial score (nSPS) is 10.2. The molecule has 2 aromatic rings. The fourth-order valence-electron chi connectivity index (χ4n) is 2.42. The molecule has 0 bridgehead atoms. The van der Waals surface area contributed by atoms with Gasteiger partial charge in [0.2, 0.25) is 0 Å². The summed E-state index contributed by atoms with van der Waals surface area (Å²) in [5.41, 5.74) is 2.96. The van der Waals surface area contributed by atoms with Crippen molar-refractivity contribution in [2.24, 2.45) is 0 Å². The summed E-state index contributed by atoms with van der Waals surface area (Å²) < 4.78 is 4.81. The number of rotatable bonds is 7. The van der Waals surface area contributed by atoms with Gasteiger partial charge in [0.15, 0.2) is 6.61 Å². The number of ether oxygens (including phenoxy) is 1. The summed E-state index contributed by atoms with van der Waals surface area (Å²) in [7, 11) is 0. The molecule has 0 radical (unpaired) electrons. The van der Waals surface area contributed by atoms with Gasteiger partial charge in [-0.05, 0) is 50.1 Å². The van der Waals surface area contributed by atoms with Crippen molar-refractivity contribution in [1.82, 2.24) is 5.32 Å². The summed E-state index contributed by atoms with van der Waals surface area (Å²) in [5, 5.41) is 15.8. The Morgan fingerprint density at radius 1 is 1.00 bits per heavy atom. The van der Waals surface area contributed by atoms with Crippen LogP contribution in [0.25, 0.3) is 0 Å². The highest BCUT2D eigenvalue weighted by molar-refractivity contribution is 5.97. The van der Waals surface area contributed by atoms with Crippen molar-refractivity contribution in [3.63, 3.8) is 0 Å². The number of nitrogens with zero attached hydrogens (tertiary/aromatic N) is 1. The van der Waals surface area contributed by atoms with E-state index >= 15 is 0 Å². The SMILES string of the molecule is Cc1ccc(C(=O)NCC(=O)OCC(=O)Nc2ccc(C)c([N+](=O)[O-])c2)cc1C. The van der Waals surface area contributed by atoms with Crippen molar-refractivity contribution in [3.8, 4) is 0 Å². The first-order valence-electron chi connectivity index (χ1n) is 8.73. The first kappa shape index (κ1) is 21.5. The summed E-state index contributed by atoms with van der Waals surface area (Å²) in [6.45, 7) is 4.41. The van der Waals surface area contributed by atoms with Gasteiger partial charge in [0, 0.05) is 22.9 Å². The van der Waals surface area contributed by atoms with Crippen molar-refractivity contribution < 1.29 is 24.0 Å². The lowest BCUT2D eigenvalue weighted by Gasteiger charge is -2.09. The molecule has 0 fully saturated rings. The largest absolute Gasteiger partial charge is 0.454 e. The van der Waals surface area contributed by atoms with Crippen LogP contribution in [0.2, 0.25) is 0 Å². The predicted molar refractivity (Wildman–Crippen MR) is 106 cm³/mol. The fraction of sp³-hybridized carbons (Fsp3) is 0.250. The molecule has 0 saturated carbocycles. The molecule has 0 atom stereocenters. The van der Waals surface area contributed by atoms with E-state index in [4.69, 9.17) is 4.74 Å². The minimum absolute atomic E-state index is 0.131. The topological polar surface area (TPSA) is 128 Å². The van der Waals surface area contributed by atoms with E-state index in [0.29, 0.717) is 11.1 Å². The third kappa shape index (κ3) is 6.13. The van der Waals surface area contributed by atoms with E-state index < -0.39 is 35.9 Å². The lowest BCUT2D eigenvalue weighted by molar-refractivity contribution is -0.385. The Labute approximate surface area is 167 Å². The molecule has 0 spiro atoms. The van der Waals surface area contributed by atoms with E-state index in [1.54, 1.807) is 19.1 Å². The number of esters is 1. The highest BCUT2D eigenvalue weighted by atomic mass is 16.6. The van der Waals surface area contributed by atoms with Crippen LogP contribution in [0.4, 0.5) is 11.4 Å². The average Bonchev–Trinajstić information content (AvgIpc) is 2.67. The van der Waals surface area contributed by atoms with Gasteiger partial charge in [-0.25, -0.2) is 0 Å². The van der Waals surface area contributed by atoms with Gasteiger partial charge in [-0.3, -0.25) is 24.5 Å². The van der Waals surface area contributed by atoms with Crippen LogP contribution < -0.4 is 10.6 Å². The zero-order valence-electron chi connectivity index (χ0n) is 16.3. The number of nitrogens with one attached hydrogen (secondary N) is 2. The molecule has 2 N–H and O–H groups in total. The van der Waals surface area contributed by atoms with Gasteiger partial charge < -0.3 is 15.4 Å². The summed E-state index contributed by atoms with van der Waals surface area (Å²) in [6, 6.07) is 9.40. The third-order valence-corrected chi connectivity index (χ3v) is 4.22. The number of nitro groups is 1. The molecule has 2 aromatic carbocycles. The fourth-order valence-corrected chi connectivity index (χ4v) is 2.42. The van der Waals surface area contributed by atoms with Crippen LogP contribution in [0, 0.1) is 30.9 Å². The summed E-state index contributed by atoms with van der Waals surface area (Å²) >= 11 is 0. The molecule has 2 amide bonds. The van der Waals surface area contributed by atoms with Crippen LogP contribution in [-0.2, 0) is 14.3 Å². The molecule has 2 rings (SSSR count). The maximum absolute atomic E-state index is 12.1. The Kier molecular flexibility index (Phi) is 7.02. The van der Waals surface area contributed by atoms with Crippen LogP contribution in [0.5, 0.6) is 0 Å². The highest BCUT2D eigenvalue weighted by Gasteiger charge is 2.14. The molecule has 0 unspecified atom stereocenters. The molecular weight excluding hydrogens is 378 g/mol. The van der Waals surface area contributed by atoms with Crippen molar-refractivity contribution in [2.75, 3.05) is 18.5 Å². The van der Waals surface area contributed by atoms with Gasteiger partial charge in [-0.15, -0.1) is 0 Å². The zero-order chi connectivity index (χ0) is 21.6. The minimum atomic E-state index is -0.785. The minimum Gasteiger partial charge on any atom is -0.454 e. The second-order valence-corrected chi connectivity index (χ2v) is 6.45. The Hall–Kier alpha value is -3.75. The number of carbonyl (C=O) groups is 3. The molecule has 9 nitrogen and oxygen atoms in total. The van der Waals surface area contributed by atoms with Crippen LogP contribution in [-0.4, -0.2) is 35.9 Å². The van der Waals surface area contributed by atoms with Gasteiger partial charge in [-0.1, -0.05) is 12.1 Å². The van der Waals surface area contributed by atoms with E-state index in [1.807, 2.05) is 19.9 Å². The van der Waals surface area contributed by atoms with Crippen molar-refractivity contribution in [3.05, 3.63) is 68.8 Å². The Balaban J connectivity index is 1.80. The number of hydrogen-bond donors (Lipinski definition) is 2. The second-order valence-electron chi connectivity index (χ2n) is 6.45. The number of nitro benzene ring substituents is 1. The van der Waals surface area contributed by atoms with Crippen molar-refractivity contribution in [1.29, 1.82) is 0 Å². The lowest BCUT2D eigenvalue weighted by Crippen LogP contribution is -2.32. The van der Waals surface area contributed by atoms with E-state index in [1.165, 1.54) is 18.2 Å². The number of carbonyl (C=O) groups excluding carboxylic acids is 3. The number of amides is 2. The van der Waals surface area contributed by atoms with Crippen molar-refractivity contribution >= 4 is 29.2 Å². The number of benzene rings is 2. The van der Waals surface area contributed by atoms with E-state index in [-0.39, 0.29) is 11.4 Å². The summed E-state index contributed by atoms with van der Waals surface area (Å²) in [4.78, 5) is 46.0. The summed E-state index contributed by atoms with van der Waals surface area (Å²) in [5.74, 6) is -1.87. The van der Waals surface area contributed by atoms with Crippen LogP contribution >= 0.6 is 0 Å². The smallest absolute Gasteiger partial charge is 0.325 e. The van der Waals surface area contributed by atoms with Gasteiger partial charge in [0.25, 0.3) is 17.5 Å². The molecule has 9 heteroatoms. The Morgan fingerprint density at radius 3 is 2.34 bits per heavy atom. The molecule has 0 aliphatic heterocycles. The molecule has 0 aromatic heterocycles. The number of hydrogen-bond acceptors (Lipinski definition) is 6. The van der Waals surface area contributed by atoms with Gasteiger partial charge in [-0.2, -0.15) is 0 Å². The summed E-state index contributed by atoms with van der Waals surface area (Å²) in [6.07, 6.45) is 0. The van der Waals surface area contributed by atoms with Gasteiger partial charge in [0.1, 0.15) is 6.54 Å². The van der Waals surface area contributed by atoms with Crippen LogP contribution in [0.3, 0.4) is 0 Å². The number of aryl methyl sites for hydroxylation is 3. The number of anilines is 1. The lowest BCUT2D eigenvalue weighted by atomic mass is 10.1. The molecule has 0 saturated heterocycles. The quantitative estimate of drug-likeness (QED) is 0.418. The van der Waals surface area contributed by atoms with Gasteiger partial charge >= 0.3 is 5.97 Å². The van der Waals surface area contributed by atoms with Gasteiger partial charge in [0.05, 0.1) is 4.92 Å². The second kappa shape index (κ2) is 9.45. The molecule has 0 heterocycles. The Morgan fingerprint density at radius 2 is 1.69 bits per heavy atom. The third-order valence-electron chi connectivity index (χ3n) is 4.22. The van der Waals surface area contributed by atoms with Crippen molar-refractivity contribution in [2.45, 2.75) is 20.8 Å².